The zero-order valence-electron chi connectivity index (χ0n) is 13.9. The van der Waals surface area contributed by atoms with Crippen molar-refractivity contribution in [3.63, 3.8) is 0 Å². The van der Waals surface area contributed by atoms with Crippen LogP contribution < -0.4 is 26.6 Å². The monoisotopic (exact) mass is 364 g/mol. The first-order valence-corrected chi connectivity index (χ1v) is 7.17. The molecule has 2 aromatic carbocycles. The molecule has 0 unspecified atom stereocenters. The molecule has 0 radical (unpaired) electrons. The van der Waals surface area contributed by atoms with Gasteiger partial charge in [-0.15, -0.1) is 0 Å². The minimum absolute atomic E-state index is 0. The van der Waals surface area contributed by atoms with Crippen molar-refractivity contribution in [2.24, 2.45) is 0 Å². The van der Waals surface area contributed by atoms with E-state index in [0.29, 0.717) is 33.8 Å². The first-order chi connectivity index (χ1) is 11.6. The molecule has 6 nitrogen and oxygen atoms in total. The fraction of sp³-hybridized carbons (Fsp3) is 0.167. The summed E-state index contributed by atoms with van der Waals surface area (Å²) in [4.78, 5) is 0. The second kappa shape index (κ2) is 7.36. The molecule has 1 heterocycles. The van der Waals surface area contributed by atoms with Crippen molar-refractivity contribution >= 4 is 11.0 Å². The summed E-state index contributed by atoms with van der Waals surface area (Å²) >= 11 is 0. The minimum atomic E-state index is -0.0568. The van der Waals surface area contributed by atoms with E-state index < -0.39 is 0 Å². The number of benzene rings is 2. The van der Waals surface area contributed by atoms with E-state index in [1.165, 1.54) is 33.5 Å². The maximum absolute atomic E-state index is 10.4. The van der Waals surface area contributed by atoms with Gasteiger partial charge in [-0.1, -0.05) is 0 Å². The van der Waals surface area contributed by atoms with Gasteiger partial charge in [-0.3, -0.25) is 0 Å². The molecule has 3 rings (SSSR count). The van der Waals surface area contributed by atoms with Gasteiger partial charge in [0.2, 0.25) is 11.5 Å². The van der Waals surface area contributed by atoms with Gasteiger partial charge in [-0.05, 0) is 24.3 Å². The molecule has 0 amide bonds. The summed E-state index contributed by atoms with van der Waals surface area (Å²) in [6.07, 6.45) is 0. The summed E-state index contributed by atoms with van der Waals surface area (Å²) in [5, 5.41) is 20.3. The Morgan fingerprint density at radius 2 is 1.48 bits per heavy atom. The van der Waals surface area contributed by atoms with Gasteiger partial charge in [-0.25, -0.2) is 4.42 Å². The zero-order valence-corrected chi connectivity index (χ0v) is 14.6. The van der Waals surface area contributed by atoms with Gasteiger partial charge in [0.15, 0.2) is 11.5 Å². The van der Waals surface area contributed by atoms with Crippen LogP contribution in [-0.2, 0) is 0 Å². The van der Waals surface area contributed by atoms with E-state index in [4.69, 9.17) is 18.6 Å². The van der Waals surface area contributed by atoms with Crippen molar-refractivity contribution in [3.8, 4) is 40.1 Å². The predicted octanol–water partition coefficient (Wildman–Crippen LogP) is 0.822. The van der Waals surface area contributed by atoms with Crippen molar-refractivity contribution in [3.05, 3.63) is 36.4 Å². The van der Waals surface area contributed by atoms with E-state index in [2.05, 4.69) is 0 Å². The molecule has 0 atom stereocenters. The van der Waals surface area contributed by atoms with Crippen LogP contribution in [-0.4, -0.2) is 31.5 Å². The third kappa shape index (κ3) is 3.21. The number of halogens is 1. The molecule has 25 heavy (non-hydrogen) atoms. The molecule has 0 saturated carbocycles. The van der Waals surface area contributed by atoms with Gasteiger partial charge in [-0.2, -0.15) is 0 Å². The number of hydrogen-bond donors (Lipinski definition) is 2. The third-order valence-corrected chi connectivity index (χ3v) is 3.69. The number of aromatic hydroxyl groups is 2. The van der Waals surface area contributed by atoms with Crippen LogP contribution in [0.5, 0.6) is 28.7 Å². The molecule has 2 N–H and O–H groups in total. The Morgan fingerprint density at radius 3 is 2.04 bits per heavy atom. The Hall–Kier alpha value is -2.86. The number of fused-ring (bicyclic) bond motifs is 1. The lowest BCUT2D eigenvalue weighted by atomic mass is 10.1. The van der Waals surface area contributed by atoms with Crippen LogP contribution in [0.25, 0.3) is 22.3 Å². The SMILES string of the molecule is COc1cc2[o+]c(-c3ccc(O)cc3)c(O)cc2c(OC)c1OC.[Cl-]. The highest BCUT2D eigenvalue weighted by molar-refractivity contribution is 5.91. The van der Waals surface area contributed by atoms with Crippen molar-refractivity contribution < 1.29 is 41.2 Å². The van der Waals surface area contributed by atoms with Gasteiger partial charge in [0.1, 0.15) is 11.1 Å². The molecule has 0 aliphatic rings. The Morgan fingerprint density at radius 1 is 0.840 bits per heavy atom. The average molecular weight is 365 g/mol. The maximum Gasteiger partial charge on any atom is 0.401 e. The van der Waals surface area contributed by atoms with Crippen LogP contribution in [0.3, 0.4) is 0 Å². The molecular formula is C18H17ClO6. The summed E-state index contributed by atoms with van der Waals surface area (Å²) in [5.41, 5.74) is 1.09. The van der Waals surface area contributed by atoms with Crippen molar-refractivity contribution in [1.82, 2.24) is 0 Å². The van der Waals surface area contributed by atoms with Gasteiger partial charge < -0.3 is 36.8 Å². The summed E-state index contributed by atoms with van der Waals surface area (Å²) in [6, 6.07) is 9.55. The summed E-state index contributed by atoms with van der Waals surface area (Å²) in [5.74, 6) is 1.62. The molecule has 0 aliphatic heterocycles. The van der Waals surface area contributed by atoms with Crippen LogP contribution in [0.4, 0.5) is 0 Å². The van der Waals surface area contributed by atoms with Gasteiger partial charge in [0, 0.05) is 6.07 Å². The lowest BCUT2D eigenvalue weighted by molar-refractivity contribution is -0.00000796. The fourth-order valence-corrected chi connectivity index (χ4v) is 2.56. The van der Waals surface area contributed by atoms with Gasteiger partial charge in [0.25, 0.3) is 0 Å². The summed E-state index contributed by atoms with van der Waals surface area (Å²) < 4.78 is 21.9. The molecule has 7 heteroatoms. The van der Waals surface area contributed by atoms with E-state index >= 15 is 0 Å². The number of ether oxygens (including phenoxy) is 3. The normalized spacial score (nSPS) is 10.2. The van der Waals surface area contributed by atoms with E-state index in [0.717, 1.165) is 0 Å². The number of phenolic OH excluding ortho intramolecular Hbond substituents is 1. The quantitative estimate of drug-likeness (QED) is 0.667. The van der Waals surface area contributed by atoms with Crippen LogP contribution in [0, 0.1) is 0 Å². The third-order valence-electron chi connectivity index (χ3n) is 3.69. The summed E-state index contributed by atoms with van der Waals surface area (Å²) in [6.45, 7) is 0. The molecule has 1 aromatic heterocycles. The second-order valence-corrected chi connectivity index (χ2v) is 5.06. The highest BCUT2D eigenvalue weighted by Crippen LogP contribution is 2.46. The standard InChI is InChI=1S/C18H16O6.ClH/c1-21-15-9-14-12(17(22-2)18(15)23-3)8-13(20)16(24-14)10-4-6-11(19)7-5-10;/h4-9H,1-3H3,(H-,19,20);1H. The predicted molar refractivity (Wildman–Crippen MR) is 89.0 cm³/mol. The number of hydrogen-bond acceptors (Lipinski definition) is 5. The number of methoxy groups -OCH3 is 3. The minimum Gasteiger partial charge on any atom is -1.00 e. The van der Waals surface area contributed by atoms with Crippen LogP contribution in [0.1, 0.15) is 0 Å². The van der Waals surface area contributed by atoms with Gasteiger partial charge in [0.05, 0.1) is 33.0 Å². The zero-order chi connectivity index (χ0) is 17.3. The molecule has 132 valence electrons. The number of rotatable bonds is 4. The Labute approximate surface area is 150 Å². The molecule has 0 aliphatic carbocycles. The van der Waals surface area contributed by atoms with Crippen molar-refractivity contribution in [2.75, 3.05) is 21.3 Å². The maximum atomic E-state index is 10.4. The lowest BCUT2D eigenvalue weighted by Crippen LogP contribution is -3.00. The molecule has 0 saturated heterocycles. The lowest BCUT2D eigenvalue weighted by Gasteiger charge is -2.11. The van der Waals surface area contributed by atoms with E-state index in [9.17, 15) is 10.2 Å². The first kappa shape index (κ1) is 18.5. The van der Waals surface area contributed by atoms with Crippen LogP contribution in [0.15, 0.2) is 40.8 Å². The Balaban J connectivity index is 0.00000225. The fourth-order valence-electron chi connectivity index (χ4n) is 2.56. The van der Waals surface area contributed by atoms with E-state index in [1.807, 2.05) is 0 Å². The average Bonchev–Trinajstić information content (AvgIpc) is 2.60. The van der Waals surface area contributed by atoms with Crippen LogP contribution >= 0.6 is 0 Å². The largest absolute Gasteiger partial charge is 1.00 e. The topological polar surface area (TPSA) is 79.5 Å². The molecule has 3 aromatic rings. The molecule has 0 fully saturated rings. The highest BCUT2D eigenvalue weighted by Gasteiger charge is 2.27. The Bertz CT molecular complexity index is 892. The number of phenols is 1. The smallest absolute Gasteiger partial charge is 0.401 e. The summed E-state index contributed by atoms with van der Waals surface area (Å²) in [7, 11) is 4.53. The highest BCUT2D eigenvalue weighted by atomic mass is 35.5. The van der Waals surface area contributed by atoms with Gasteiger partial charge >= 0.3 is 11.3 Å². The van der Waals surface area contributed by atoms with E-state index in [-0.39, 0.29) is 29.7 Å². The second-order valence-electron chi connectivity index (χ2n) is 5.06. The molecule has 0 spiro atoms. The van der Waals surface area contributed by atoms with Crippen molar-refractivity contribution in [2.45, 2.75) is 0 Å². The van der Waals surface area contributed by atoms with Crippen molar-refractivity contribution in [1.29, 1.82) is 0 Å². The van der Waals surface area contributed by atoms with Crippen LogP contribution in [0.2, 0.25) is 0 Å². The van der Waals surface area contributed by atoms with E-state index in [1.54, 1.807) is 24.3 Å². The Kier molecular flexibility index (Phi) is 5.44. The molecule has 0 bridgehead atoms. The molecular weight excluding hydrogens is 348 g/mol. The first-order valence-electron chi connectivity index (χ1n) is 7.17.